The molecular weight excluding hydrogens is 240 g/mol. The van der Waals surface area contributed by atoms with Crippen molar-refractivity contribution < 1.29 is 9.90 Å². The van der Waals surface area contributed by atoms with Crippen LogP contribution >= 0.6 is 0 Å². The maximum atomic E-state index is 11.5. The standard InChI is InChI=1S/C15H22N2O2/c1-10(18)12-9-11(7-8-13(12)16)17(2)14-5-3-4-6-15(14)19/h7-9,14-15,19H,3-6,16H2,1-2H3. The van der Waals surface area contributed by atoms with Crippen LogP contribution in [0.25, 0.3) is 0 Å². The molecule has 0 amide bonds. The molecule has 1 saturated carbocycles. The van der Waals surface area contributed by atoms with E-state index in [1.807, 2.05) is 19.2 Å². The van der Waals surface area contributed by atoms with E-state index in [0.29, 0.717) is 11.3 Å². The Kier molecular flexibility index (Phi) is 4.10. The maximum Gasteiger partial charge on any atom is 0.161 e. The lowest BCUT2D eigenvalue weighted by Crippen LogP contribution is -2.43. The minimum absolute atomic E-state index is 0.0306. The van der Waals surface area contributed by atoms with Crippen molar-refractivity contribution in [3.05, 3.63) is 23.8 Å². The maximum absolute atomic E-state index is 11.5. The first-order chi connectivity index (χ1) is 9.00. The summed E-state index contributed by atoms with van der Waals surface area (Å²) in [5, 5.41) is 10.1. The Labute approximate surface area is 114 Å². The second-order valence-electron chi connectivity index (χ2n) is 5.36. The predicted octanol–water partition coefficient (Wildman–Crippen LogP) is 2.21. The number of rotatable bonds is 3. The molecule has 2 rings (SSSR count). The minimum Gasteiger partial charge on any atom is -0.398 e. The van der Waals surface area contributed by atoms with Crippen molar-refractivity contribution in [2.24, 2.45) is 0 Å². The van der Waals surface area contributed by atoms with Gasteiger partial charge in [-0.3, -0.25) is 4.79 Å². The van der Waals surface area contributed by atoms with Crippen molar-refractivity contribution in [3.63, 3.8) is 0 Å². The Balaban J connectivity index is 2.25. The van der Waals surface area contributed by atoms with E-state index in [2.05, 4.69) is 4.90 Å². The van der Waals surface area contributed by atoms with E-state index < -0.39 is 0 Å². The van der Waals surface area contributed by atoms with Crippen molar-refractivity contribution in [2.75, 3.05) is 17.7 Å². The first-order valence-electron chi connectivity index (χ1n) is 6.82. The second kappa shape index (κ2) is 5.61. The highest BCUT2D eigenvalue weighted by Gasteiger charge is 2.27. The number of aliphatic hydroxyl groups is 1. The Bertz CT molecular complexity index is 473. The van der Waals surface area contributed by atoms with Gasteiger partial charge in [0.2, 0.25) is 0 Å². The third-order valence-corrected chi connectivity index (χ3v) is 4.01. The SMILES string of the molecule is CC(=O)c1cc(N(C)C2CCCCC2O)ccc1N. The van der Waals surface area contributed by atoms with E-state index >= 15 is 0 Å². The Morgan fingerprint density at radius 1 is 1.37 bits per heavy atom. The number of nitrogens with zero attached hydrogens (tertiary/aromatic N) is 1. The minimum atomic E-state index is -0.294. The smallest absolute Gasteiger partial charge is 0.161 e. The average Bonchev–Trinajstić information content (AvgIpc) is 2.38. The molecule has 19 heavy (non-hydrogen) atoms. The number of carbonyl (C=O) groups is 1. The lowest BCUT2D eigenvalue weighted by atomic mass is 9.91. The highest BCUT2D eigenvalue weighted by atomic mass is 16.3. The number of benzene rings is 1. The summed E-state index contributed by atoms with van der Waals surface area (Å²) < 4.78 is 0. The normalized spacial score (nSPS) is 23.1. The molecule has 0 saturated heterocycles. The van der Waals surface area contributed by atoms with Gasteiger partial charge in [0, 0.05) is 24.0 Å². The molecule has 0 aliphatic heterocycles. The third-order valence-electron chi connectivity index (χ3n) is 4.01. The second-order valence-corrected chi connectivity index (χ2v) is 5.36. The molecule has 1 aromatic rings. The van der Waals surface area contributed by atoms with Crippen molar-refractivity contribution in [2.45, 2.75) is 44.8 Å². The number of anilines is 2. The molecule has 0 spiro atoms. The molecule has 0 radical (unpaired) electrons. The van der Waals surface area contributed by atoms with Crippen LogP contribution in [0.3, 0.4) is 0 Å². The van der Waals surface area contributed by atoms with Crippen molar-refractivity contribution in [1.82, 2.24) is 0 Å². The first-order valence-corrected chi connectivity index (χ1v) is 6.82. The van der Waals surface area contributed by atoms with E-state index in [-0.39, 0.29) is 17.9 Å². The van der Waals surface area contributed by atoms with Crippen LogP contribution in [0.5, 0.6) is 0 Å². The predicted molar refractivity (Wildman–Crippen MR) is 77.5 cm³/mol. The van der Waals surface area contributed by atoms with Crippen LogP contribution in [0.1, 0.15) is 43.0 Å². The quantitative estimate of drug-likeness (QED) is 0.647. The molecule has 0 bridgehead atoms. The van der Waals surface area contributed by atoms with Crippen LogP contribution in [-0.2, 0) is 0 Å². The van der Waals surface area contributed by atoms with Crippen LogP contribution in [0.15, 0.2) is 18.2 Å². The fraction of sp³-hybridized carbons (Fsp3) is 0.533. The summed E-state index contributed by atoms with van der Waals surface area (Å²) in [5.41, 5.74) is 7.80. The van der Waals surface area contributed by atoms with Crippen LogP contribution in [0.2, 0.25) is 0 Å². The fourth-order valence-corrected chi connectivity index (χ4v) is 2.80. The summed E-state index contributed by atoms with van der Waals surface area (Å²) in [6.07, 6.45) is 3.77. The molecule has 1 fully saturated rings. The van der Waals surface area contributed by atoms with E-state index in [1.54, 1.807) is 6.07 Å². The molecule has 4 heteroatoms. The summed E-state index contributed by atoms with van der Waals surface area (Å²) in [6, 6.07) is 5.61. The highest BCUT2D eigenvalue weighted by Crippen LogP contribution is 2.28. The van der Waals surface area contributed by atoms with E-state index in [0.717, 1.165) is 31.4 Å². The van der Waals surface area contributed by atoms with Crippen LogP contribution in [-0.4, -0.2) is 30.1 Å². The lowest BCUT2D eigenvalue weighted by Gasteiger charge is -2.36. The number of carbonyl (C=O) groups excluding carboxylic acids is 1. The number of likely N-dealkylation sites (N-methyl/N-ethyl adjacent to an activating group) is 1. The van der Waals surface area contributed by atoms with Crippen molar-refractivity contribution in [3.8, 4) is 0 Å². The molecule has 0 aromatic heterocycles. The third kappa shape index (κ3) is 2.89. The molecule has 1 aliphatic carbocycles. The molecular formula is C15H22N2O2. The molecule has 1 aromatic carbocycles. The largest absolute Gasteiger partial charge is 0.398 e. The molecule has 0 heterocycles. The van der Waals surface area contributed by atoms with Crippen LogP contribution < -0.4 is 10.6 Å². The molecule has 2 unspecified atom stereocenters. The topological polar surface area (TPSA) is 66.6 Å². The van der Waals surface area contributed by atoms with Crippen molar-refractivity contribution in [1.29, 1.82) is 0 Å². The zero-order valence-electron chi connectivity index (χ0n) is 11.6. The number of nitrogen functional groups attached to an aromatic ring is 1. The number of Topliss-reactive ketones (excluding diaryl/α,β-unsaturated/α-hetero) is 1. The zero-order chi connectivity index (χ0) is 14.0. The van der Waals surface area contributed by atoms with Gasteiger partial charge in [-0.05, 0) is 38.0 Å². The van der Waals surface area contributed by atoms with Gasteiger partial charge in [-0.15, -0.1) is 0 Å². The zero-order valence-corrected chi connectivity index (χ0v) is 11.6. The fourth-order valence-electron chi connectivity index (χ4n) is 2.80. The Morgan fingerprint density at radius 2 is 2.05 bits per heavy atom. The summed E-state index contributed by atoms with van der Waals surface area (Å²) in [4.78, 5) is 13.6. The molecule has 2 atom stereocenters. The van der Waals surface area contributed by atoms with E-state index in [1.165, 1.54) is 6.92 Å². The summed E-state index contributed by atoms with van der Waals surface area (Å²) in [7, 11) is 1.97. The molecule has 3 N–H and O–H groups in total. The van der Waals surface area contributed by atoms with E-state index in [9.17, 15) is 9.90 Å². The molecule has 1 aliphatic rings. The molecule has 104 valence electrons. The Hall–Kier alpha value is -1.55. The van der Waals surface area contributed by atoms with Gasteiger partial charge in [-0.1, -0.05) is 12.8 Å². The van der Waals surface area contributed by atoms with Gasteiger partial charge < -0.3 is 15.7 Å². The van der Waals surface area contributed by atoms with Crippen LogP contribution in [0, 0.1) is 0 Å². The summed E-state index contributed by atoms with van der Waals surface area (Å²) in [6.45, 7) is 1.52. The summed E-state index contributed by atoms with van der Waals surface area (Å²) >= 11 is 0. The first kappa shape index (κ1) is 13.9. The number of nitrogens with two attached hydrogens (primary N) is 1. The van der Waals surface area contributed by atoms with Gasteiger partial charge in [-0.25, -0.2) is 0 Å². The molecule has 4 nitrogen and oxygen atoms in total. The number of aliphatic hydroxyl groups excluding tert-OH is 1. The average molecular weight is 262 g/mol. The summed E-state index contributed by atoms with van der Waals surface area (Å²) in [5.74, 6) is -0.0306. The van der Waals surface area contributed by atoms with Gasteiger partial charge in [-0.2, -0.15) is 0 Å². The number of ketones is 1. The highest BCUT2D eigenvalue weighted by molar-refractivity contribution is 6.00. The monoisotopic (exact) mass is 262 g/mol. The van der Waals surface area contributed by atoms with Gasteiger partial charge in [0.05, 0.1) is 12.1 Å². The van der Waals surface area contributed by atoms with Gasteiger partial charge in [0.25, 0.3) is 0 Å². The number of hydrogen-bond donors (Lipinski definition) is 2. The lowest BCUT2D eigenvalue weighted by molar-refractivity contribution is 0.101. The van der Waals surface area contributed by atoms with Gasteiger partial charge in [0.15, 0.2) is 5.78 Å². The van der Waals surface area contributed by atoms with Gasteiger partial charge in [0.1, 0.15) is 0 Å². The number of hydrogen-bond acceptors (Lipinski definition) is 4. The van der Waals surface area contributed by atoms with E-state index in [4.69, 9.17) is 5.73 Å². The van der Waals surface area contributed by atoms with Crippen LogP contribution in [0.4, 0.5) is 11.4 Å². The Morgan fingerprint density at radius 3 is 2.68 bits per heavy atom. The van der Waals surface area contributed by atoms with Crippen molar-refractivity contribution >= 4 is 17.2 Å². The van der Waals surface area contributed by atoms with Gasteiger partial charge >= 0.3 is 0 Å².